The molecule has 2 heterocycles. The standard InChI is InChI=1S/C11H15N5OS2/c1-7(2)9-14-15-11(18)16(9)4-3-12-10(17)8-5-19-6-13-8/h5-7H,3-4H2,1-2H3,(H,12,17)(H,15,18). The first-order valence-electron chi connectivity index (χ1n) is 5.91. The van der Waals surface area contributed by atoms with Crippen LogP contribution in [-0.2, 0) is 6.54 Å². The molecule has 0 saturated heterocycles. The molecule has 0 saturated carbocycles. The van der Waals surface area contributed by atoms with E-state index in [2.05, 4.69) is 34.3 Å². The van der Waals surface area contributed by atoms with Gasteiger partial charge in [0.05, 0.1) is 5.51 Å². The maximum atomic E-state index is 11.7. The zero-order valence-electron chi connectivity index (χ0n) is 10.7. The third-order valence-electron chi connectivity index (χ3n) is 2.59. The molecular formula is C11H15N5OS2. The number of carbonyl (C=O) groups is 1. The first-order valence-corrected chi connectivity index (χ1v) is 7.26. The van der Waals surface area contributed by atoms with E-state index in [1.807, 2.05) is 4.57 Å². The molecule has 0 atom stereocenters. The summed E-state index contributed by atoms with van der Waals surface area (Å²) < 4.78 is 2.48. The molecule has 2 aromatic heterocycles. The number of H-pyrrole nitrogens is 1. The third kappa shape index (κ3) is 3.27. The summed E-state index contributed by atoms with van der Waals surface area (Å²) in [7, 11) is 0. The number of carbonyl (C=O) groups excluding carboxylic acids is 1. The van der Waals surface area contributed by atoms with Crippen molar-refractivity contribution in [1.82, 2.24) is 25.1 Å². The average Bonchev–Trinajstić information content (AvgIpc) is 2.99. The van der Waals surface area contributed by atoms with E-state index in [0.717, 1.165) is 5.82 Å². The van der Waals surface area contributed by atoms with Crippen LogP contribution in [0.2, 0.25) is 0 Å². The van der Waals surface area contributed by atoms with Crippen LogP contribution >= 0.6 is 23.6 Å². The minimum absolute atomic E-state index is 0.164. The quantitative estimate of drug-likeness (QED) is 0.827. The molecule has 0 radical (unpaired) electrons. The Hall–Kier alpha value is -1.54. The van der Waals surface area contributed by atoms with Gasteiger partial charge >= 0.3 is 0 Å². The first-order chi connectivity index (χ1) is 9.09. The summed E-state index contributed by atoms with van der Waals surface area (Å²) in [5.41, 5.74) is 2.09. The van der Waals surface area contributed by atoms with E-state index >= 15 is 0 Å². The van der Waals surface area contributed by atoms with Gasteiger partial charge in [0, 0.05) is 24.4 Å². The monoisotopic (exact) mass is 297 g/mol. The van der Waals surface area contributed by atoms with E-state index in [4.69, 9.17) is 12.2 Å². The molecule has 102 valence electrons. The Morgan fingerprint density at radius 3 is 3.05 bits per heavy atom. The maximum absolute atomic E-state index is 11.7. The second-order valence-electron chi connectivity index (χ2n) is 4.32. The van der Waals surface area contributed by atoms with E-state index in [1.54, 1.807) is 10.9 Å². The normalized spacial score (nSPS) is 10.9. The minimum Gasteiger partial charge on any atom is -0.349 e. The lowest BCUT2D eigenvalue weighted by molar-refractivity contribution is 0.0948. The number of nitrogens with zero attached hydrogens (tertiary/aromatic N) is 3. The molecule has 19 heavy (non-hydrogen) atoms. The lowest BCUT2D eigenvalue weighted by atomic mass is 10.2. The molecule has 2 N–H and O–H groups in total. The summed E-state index contributed by atoms with van der Waals surface area (Å²) in [4.78, 5) is 15.7. The first kappa shape index (κ1) is 13.9. The molecule has 0 unspecified atom stereocenters. The molecule has 2 aromatic rings. The van der Waals surface area contributed by atoms with Crippen molar-refractivity contribution in [2.24, 2.45) is 0 Å². The fourth-order valence-corrected chi connectivity index (χ4v) is 2.45. The SMILES string of the molecule is CC(C)c1n[nH]c(=S)n1CCNC(=O)c1cscn1. The summed E-state index contributed by atoms with van der Waals surface area (Å²) in [6, 6.07) is 0. The van der Waals surface area contributed by atoms with Crippen LogP contribution in [0.15, 0.2) is 10.9 Å². The second-order valence-corrected chi connectivity index (χ2v) is 5.43. The Kier molecular flexibility index (Phi) is 4.43. The van der Waals surface area contributed by atoms with E-state index in [1.165, 1.54) is 11.3 Å². The van der Waals surface area contributed by atoms with Gasteiger partial charge in [-0.1, -0.05) is 13.8 Å². The molecule has 2 rings (SSSR count). The smallest absolute Gasteiger partial charge is 0.270 e. The van der Waals surface area contributed by atoms with Crippen molar-refractivity contribution in [1.29, 1.82) is 0 Å². The molecule has 6 nitrogen and oxygen atoms in total. The molecule has 0 aliphatic heterocycles. The van der Waals surface area contributed by atoms with Gasteiger partial charge in [0.2, 0.25) is 0 Å². The second kappa shape index (κ2) is 6.07. The van der Waals surface area contributed by atoms with Crippen molar-refractivity contribution in [2.45, 2.75) is 26.3 Å². The fraction of sp³-hybridized carbons (Fsp3) is 0.455. The van der Waals surface area contributed by atoms with Crippen LogP contribution in [0, 0.1) is 4.77 Å². The third-order valence-corrected chi connectivity index (χ3v) is 3.49. The zero-order valence-corrected chi connectivity index (χ0v) is 12.3. The van der Waals surface area contributed by atoms with E-state index in [-0.39, 0.29) is 11.8 Å². The van der Waals surface area contributed by atoms with Crippen LogP contribution in [-0.4, -0.2) is 32.2 Å². The van der Waals surface area contributed by atoms with Gasteiger partial charge < -0.3 is 9.88 Å². The highest BCUT2D eigenvalue weighted by Gasteiger charge is 2.11. The van der Waals surface area contributed by atoms with Gasteiger partial charge in [-0.15, -0.1) is 11.3 Å². The lowest BCUT2D eigenvalue weighted by Crippen LogP contribution is -2.28. The Bertz CT molecular complexity index is 599. The molecule has 0 bridgehead atoms. The molecule has 0 fully saturated rings. The number of amides is 1. The summed E-state index contributed by atoms with van der Waals surface area (Å²) in [5, 5.41) is 11.5. The van der Waals surface area contributed by atoms with Crippen LogP contribution in [0.1, 0.15) is 36.1 Å². The largest absolute Gasteiger partial charge is 0.349 e. The highest BCUT2D eigenvalue weighted by Crippen LogP contribution is 2.11. The summed E-state index contributed by atoms with van der Waals surface area (Å²) in [6.45, 7) is 5.19. The van der Waals surface area contributed by atoms with Gasteiger partial charge in [-0.3, -0.25) is 9.89 Å². The van der Waals surface area contributed by atoms with Crippen LogP contribution in [0.3, 0.4) is 0 Å². The van der Waals surface area contributed by atoms with Crippen molar-refractivity contribution >= 4 is 29.5 Å². The summed E-state index contributed by atoms with van der Waals surface area (Å²) in [6.07, 6.45) is 0. The highest BCUT2D eigenvalue weighted by molar-refractivity contribution is 7.71. The van der Waals surface area contributed by atoms with Gasteiger partial charge in [0.1, 0.15) is 11.5 Å². The lowest BCUT2D eigenvalue weighted by Gasteiger charge is -2.09. The van der Waals surface area contributed by atoms with Crippen molar-refractivity contribution in [2.75, 3.05) is 6.54 Å². The Morgan fingerprint density at radius 1 is 1.63 bits per heavy atom. The average molecular weight is 297 g/mol. The van der Waals surface area contributed by atoms with Crippen LogP contribution in [0.5, 0.6) is 0 Å². The Morgan fingerprint density at radius 2 is 2.42 bits per heavy atom. The molecule has 0 spiro atoms. The zero-order chi connectivity index (χ0) is 13.8. The van der Waals surface area contributed by atoms with Crippen LogP contribution in [0.4, 0.5) is 0 Å². The number of aromatic amines is 1. The van der Waals surface area contributed by atoms with Crippen molar-refractivity contribution in [3.63, 3.8) is 0 Å². The number of thiazole rings is 1. The van der Waals surface area contributed by atoms with Gasteiger partial charge in [0.25, 0.3) is 5.91 Å². The van der Waals surface area contributed by atoms with Crippen molar-refractivity contribution in [3.05, 3.63) is 27.2 Å². The number of hydrogen-bond acceptors (Lipinski definition) is 5. The number of nitrogens with one attached hydrogen (secondary N) is 2. The predicted molar refractivity (Wildman–Crippen MR) is 75.9 cm³/mol. The van der Waals surface area contributed by atoms with Crippen molar-refractivity contribution < 1.29 is 4.79 Å². The molecule has 0 aliphatic rings. The summed E-state index contributed by atoms with van der Waals surface area (Å²) >= 11 is 6.57. The molecule has 0 aromatic carbocycles. The molecular weight excluding hydrogens is 282 g/mol. The number of rotatable bonds is 5. The van der Waals surface area contributed by atoms with Crippen LogP contribution < -0.4 is 5.32 Å². The van der Waals surface area contributed by atoms with Gasteiger partial charge in [-0.2, -0.15) is 5.10 Å². The molecule has 8 heteroatoms. The van der Waals surface area contributed by atoms with Crippen LogP contribution in [0.25, 0.3) is 0 Å². The number of aromatic nitrogens is 4. The van der Waals surface area contributed by atoms with Gasteiger partial charge in [0.15, 0.2) is 4.77 Å². The van der Waals surface area contributed by atoms with E-state index in [0.29, 0.717) is 23.6 Å². The van der Waals surface area contributed by atoms with E-state index in [9.17, 15) is 4.79 Å². The Labute approximate surface area is 119 Å². The topological polar surface area (TPSA) is 75.6 Å². The molecule has 0 aliphatic carbocycles. The Balaban J connectivity index is 1.95. The maximum Gasteiger partial charge on any atom is 0.270 e. The van der Waals surface area contributed by atoms with Gasteiger partial charge in [-0.25, -0.2) is 4.98 Å². The number of hydrogen-bond donors (Lipinski definition) is 2. The van der Waals surface area contributed by atoms with Crippen molar-refractivity contribution in [3.8, 4) is 0 Å². The predicted octanol–water partition coefficient (Wildman–Crippen LogP) is 1.95. The van der Waals surface area contributed by atoms with E-state index < -0.39 is 0 Å². The minimum atomic E-state index is -0.164. The summed E-state index contributed by atoms with van der Waals surface area (Å²) in [5.74, 6) is 1.01. The molecule has 1 amide bonds. The fourth-order valence-electron chi connectivity index (χ4n) is 1.68. The highest BCUT2D eigenvalue weighted by atomic mass is 32.1. The van der Waals surface area contributed by atoms with Gasteiger partial charge in [-0.05, 0) is 12.2 Å².